The van der Waals surface area contributed by atoms with Crippen molar-refractivity contribution in [3.8, 4) is 0 Å². The molecule has 2 aromatic rings. The first-order valence-corrected chi connectivity index (χ1v) is 7.50. The molecule has 1 aliphatic rings. The minimum atomic E-state index is 0.0442. The second-order valence-electron chi connectivity index (χ2n) is 4.63. The maximum atomic E-state index is 12.5. The minimum Gasteiger partial charge on any atom is -0.380 e. The van der Waals surface area contributed by atoms with Crippen molar-refractivity contribution in [2.24, 2.45) is 0 Å². The molecule has 0 spiro atoms. The van der Waals surface area contributed by atoms with Crippen molar-refractivity contribution >= 4 is 28.8 Å². The van der Waals surface area contributed by atoms with Gasteiger partial charge in [-0.15, -0.1) is 11.3 Å². The van der Waals surface area contributed by atoms with Gasteiger partial charge in [-0.05, 0) is 17.0 Å². The number of nitrogens with zero attached hydrogens (tertiary/aromatic N) is 3. The molecular formula is C13H14ClN3O2S. The molecule has 0 aromatic carbocycles. The zero-order valence-electron chi connectivity index (χ0n) is 11.0. The van der Waals surface area contributed by atoms with Gasteiger partial charge in [-0.3, -0.25) is 4.79 Å². The topological polar surface area (TPSA) is 47.4 Å². The SMILES string of the molecule is COCc1csc(C(=O)N2CCn3c(Cl)cnc3C2)c1. The fraction of sp³-hybridized carbons (Fsp3) is 0.385. The molecular weight excluding hydrogens is 298 g/mol. The first-order chi connectivity index (χ1) is 9.69. The zero-order valence-corrected chi connectivity index (χ0v) is 12.6. The van der Waals surface area contributed by atoms with Gasteiger partial charge >= 0.3 is 0 Å². The van der Waals surface area contributed by atoms with E-state index >= 15 is 0 Å². The largest absolute Gasteiger partial charge is 0.380 e. The Balaban J connectivity index is 1.75. The van der Waals surface area contributed by atoms with Gasteiger partial charge in [0.2, 0.25) is 0 Å². The molecule has 5 nitrogen and oxygen atoms in total. The third-order valence-electron chi connectivity index (χ3n) is 3.28. The lowest BCUT2D eigenvalue weighted by atomic mass is 10.3. The second kappa shape index (κ2) is 5.55. The highest BCUT2D eigenvalue weighted by Crippen LogP contribution is 2.22. The van der Waals surface area contributed by atoms with E-state index in [0.717, 1.165) is 16.3 Å². The second-order valence-corrected chi connectivity index (χ2v) is 5.93. The number of rotatable bonds is 3. The van der Waals surface area contributed by atoms with Crippen LogP contribution in [0.25, 0.3) is 0 Å². The van der Waals surface area contributed by atoms with Gasteiger partial charge in [0.25, 0.3) is 5.91 Å². The van der Waals surface area contributed by atoms with Crippen molar-refractivity contribution in [2.75, 3.05) is 13.7 Å². The molecule has 7 heteroatoms. The van der Waals surface area contributed by atoms with Crippen molar-refractivity contribution in [3.63, 3.8) is 0 Å². The maximum absolute atomic E-state index is 12.5. The van der Waals surface area contributed by atoms with Crippen molar-refractivity contribution in [2.45, 2.75) is 19.7 Å². The standard InChI is InChI=1S/C13H14ClN3O2S/c1-19-7-9-4-10(20-8-9)13(18)16-2-3-17-11(14)5-15-12(17)6-16/h4-5,8H,2-3,6-7H2,1H3. The number of hydrogen-bond donors (Lipinski definition) is 0. The van der Waals surface area contributed by atoms with Gasteiger partial charge in [-0.1, -0.05) is 11.6 Å². The summed E-state index contributed by atoms with van der Waals surface area (Å²) in [6.07, 6.45) is 1.63. The number of ether oxygens (including phenoxy) is 1. The number of amides is 1. The molecule has 2 aromatic heterocycles. The van der Waals surface area contributed by atoms with Gasteiger partial charge in [0, 0.05) is 20.2 Å². The fourth-order valence-electron chi connectivity index (χ4n) is 2.28. The summed E-state index contributed by atoms with van der Waals surface area (Å²) in [7, 11) is 1.65. The summed E-state index contributed by atoms with van der Waals surface area (Å²) in [6.45, 7) is 2.38. The first kappa shape index (κ1) is 13.6. The summed E-state index contributed by atoms with van der Waals surface area (Å²) in [4.78, 5) is 19.2. The summed E-state index contributed by atoms with van der Waals surface area (Å²) in [6, 6.07) is 1.89. The zero-order chi connectivity index (χ0) is 14.1. The van der Waals surface area contributed by atoms with Gasteiger partial charge in [0.05, 0.1) is 24.2 Å². The summed E-state index contributed by atoms with van der Waals surface area (Å²) in [5, 5.41) is 2.59. The highest BCUT2D eigenvalue weighted by atomic mass is 35.5. The van der Waals surface area contributed by atoms with E-state index in [2.05, 4.69) is 4.98 Å². The van der Waals surface area contributed by atoms with E-state index in [1.54, 1.807) is 18.2 Å². The fourth-order valence-corrected chi connectivity index (χ4v) is 3.38. The molecule has 106 valence electrons. The number of aromatic nitrogens is 2. The molecule has 0 atom stereocenters. The monoisotopic (exact) mass is 311 g/mol. The molecule has 20 heavy (non-hydrogen) atoms. The van der Waals surface area contributed by atoms with E-state index in [-0.39, 0.29) is 5.91 Å². The molecule has 3 heterocycles. The Hall–Kier alpha value is -1.37. The van der Waals surface area contributed by atoms with Crippen molar-refractivity contribution in [3.05, 3.63) is 39.1 Å². The Morgan fingerprint density at radius 1 is 1.55 bits per heavy atom. The lowest BCUT2D eigenvalue weighted by Gasteiger charge is -2.27. The van der Waals surface area contributed by atoms with Crippen LogP contribution in [0.4, 0.5) is 0 Å². The third kappa shape index (κ3) is 2.46. The summed E-state index contributed by atoms with van der Waals surface area (Å²) in [5.74, 6) is 0.881. The summed E-state index contributed by atoms with van der Waals surface area (Å²) >= 11 is 7.48. The normalized spacial score (nSPS) is 14.4. The molecule has 0 aliphatic carbocycles. The molecule has 1 amide bonds. The van der Waals surface area contributed by atoms with E-state index < -0.39 is 0 Å². The number of halogens is 1. The van der Waals surface area contributed by atoms with Crippen LogP contribution in [0.1, 0.15) is 21.1 Å². The smallest absolute Gasteiger partial charge is 0.264 e. The molecule has 0 N–H and O–H groups in total. The van der Waals surface area contributed by atoms with Crippen LogP contribution in [0.5, 0.6) is 0 Å². The summed E-state index contributed by atoms with van der Waals surface area (Å²) < 4.78 is 7.01. The number of imidazole rings is 1. The van der Waals surface area contributed by atoms with Crippen LogP contribution < -0.4 is 0 Å². The van der Waals surface area contributed by atoms with E-state index in [9.17, 15) is 4.79 Å². The first-order valence-electron chi connectivity index (χ1n) is 6.24. The average Bonchev–Trinajstić information content (AvgIpc) is 3.06. The van der Waals surface area contributed by atoms with Gasteiger partial charge in [0.1, 0.15) is 11.0 Å². The maximum Gasteiger partial charge on any atom is 0.264 e. The Labute approximate surface area is 125 Å². The van der Waals surface area contributed by atoms with Crippen molar-refractivity contribution in [1.82, 2.24) is 14.5 Å². The van der Waals surface area contributed by atoms with E-state index in [0.29, 0.717) is 31.4 Å². The van der Waals surface area contributed by atoms with Crippen molar-refractivity contribution < 1.29 is 9.53 Å². The Bertz CT molecular complexity index is 637. The minimum absolute atomic E-state index is 0.0442. The number of thiophene rings is 1. The van der Waals surface area contributed by atoms with Gasteiger partial charge in [-0.25, -0.2) is 4.98 Å². The predicted molar refractivity (Wildman–Crippen MR) is 77.0 cm³/mol. The molecule has 0 saturated heterocycles. The van der Waals surface area contributed by atoms with Gasteiger partial charge in [-0.2, -0.15) is 0 Å². The molecule has 0 bridgehead atoms. The van der Waals surface area contributed by atoms with Crippen LogP contribution in [0.2, 0.25) is 5.15 Å². The Morgan fingerprint density at radius 2 is 2.40 bits per heavy atom. The van der Waals surface area contributed by atoms with Crippen LogP contribution in [0.3, 0.4) is 0 Å². The average molecular weight is 312 g/mol. The van der Waals surface area contributed by atoms with Crippen LogP contribution >= 0.6 is 22.9 Å². The Morgan fingerprint density at radius 3 is 3.20 bits per heavy atom. The highest BCUT2D eigenvalue weighted by molar-refractivity contribution is 7.12. The lowest BCUT2D eigenvalue weighted by molar-refractivity contribution is 0.0712. The van der Waals surface area contributed by atoms with E-state index in [1.807, 2.05) is 16.0 Å². The third-order valence-corrected chi connectivity index (χ3v) is 4.55. The van der Waals surface area contributed by atoms with Crippen molar-refractivity contribution in [1.29, 1.82) is 0 Å². The van der Waals surface area contributed by atoms with Crippen LogP contribution in [-0.4, -0.2) is 34.0 Å². The van der Waals surface area contributed by atoms with Crippen LogP contribution in [0, 0.1) is 0 Å². The quantitative estimate of drug-likeness (QED) is 0.874. The number of fused-ring (bicyclic) bond motifs is 1. The highest BCUT2D eigenvalue weighted by Gasteiger charge is 2.24. The number of carbonyl (C=O) groups excluding carboxylic acids is 1. The lowest BCUT2D eigenvalue weighted by Crippen LogP contribution is -2.38. The molecule has 0 fully saturated rings. The van der Waals surface area contributed by atoms with E-state index in [1.165, 1.54) is 11.3 Å². The number of methoxy groups -OCH3 is 1. The predicted octanol–water partition coefficient (Wildman–Crippen LogP) is 2.40. The van der Waals surface area contributed by atoms with Gasteiger partial charge < -0.3 is 14.2 Å². The summed E-state index contributed by atoms with van der Waals surface area (Å²) in [5.41, 5.74) is 1.03. The Kier molecular flexibility index (Phi) is 3.78. The van der Waals surface area contributed by atoms with Crippen LogP contribution in [-0.2, 0) is 24.4 Å². The molecule has 1 aliphatic heterocycles. The molecule has 3 rings (SSSR count). The van der Waals surface area contributed by atoms with Gasteiger partial charge in [0.15, 0.2) is 0 Å². The number of carbonyl (C=O) groups is 1. The van der Waals surface area contributed by atoms with E-state index in [4.69, 9.17) is 16.3 Å². The molecule has 0 radical (unpaired) electrons. The number of hydrogen-bond acceptors (Lipinski definition) is 4. The van der Waals surface area contributed by atoms with Crippen LogP contribution in [0.15, 0.2) is 17.6 Å². The molecule has 0 saturated carbocycles. The molecule has 0 unspecified atom stereocenters.